The highest BCUT2D eigenvalue weighted by Gasteiger charge is 2.30. The summed E-state index contributed by atoms with van der Waals surface area (Å²) < 4.78 is 26.4. The summed E-state index contributed by atoms with van der Waals surface area (Å²) in [6, 6.07) is 7.92. The highest BCUT2D eigenvalue weighted by Crippen LogP contribution is 2.22. The van der Waals surface area contributed by atoms with Gasteiger partial charge in [-0.2, -0.15) is 9.57 Å². The van der Waals surface area contributed by atoms with Gasteiger partial charge < -0.3 is 5.73 Å². The molecule has 1 aromatic rings. The molecule has 0 radical (unpaired) electrons. The molecule has 0 aliphatic carbocycles. The van der Waals surface area contributed by atoms with Gasteiger partial charge in [-0.05, 0) is 37.1 Å². The third-order valence-electron chi connectivity index (χ3n) is 3.34. The first kappa shape index (κ1) is 14.0. The van der Waals surface area contributed by atoms with Crippen LogP contribution in [0, 0.1) is 11.3 Å². The summed E-state index contributed by atoms with van der Waals surface area (Å²) in [6.45, 7) is 0.462. The maximum atomic E-state index is 12.5. The molecule has 19 heavy (non-hydrogen) atoms. The Hall–Kier alpha value is -1.42. The van der Waals surface area contributed by atoms with Crippen molar-refractivity contribution < 1.29 is 8.42 Å². The monoisotopic (exact) mass is 279 g/mol. The van der Waals surface area contributed by atoms with Crippen molar-refractivity contribution in [3.8, 4) is 6.07 Å². The molecule has 1 unspecified atom stereocenters. The highest BCUT2D eigenvalue weighted by atomic mass is 32.2. The van der Waals surface area contributed by atoms with Gasteiger partial charge in [0.15, 0.2) is 0 Å². The molecule has 1 saturated heterocycles. The molecule has 0 amide bonds. The molecule has 0 bridgehead atoms. The summed E-state index contributed by atoms with van der Waals surface area (Å²) in [6.07, 6.45) is 3.04. The van der Waals surface area contributed by atoms with E-state index in [1.807, 2.05) is 6.07 Å². The zero-order chi connectivity index (χ0) is 13.9. The van der Waals surface area contributed by atoms with Crippen LogP contribution in [0.4, 0.5) is 0 Å². The molecule has 1 aromatic carbocycles. The van der Waals surface area contributed by atoms with Gasteiger partial charge in [0, 0.05) is 6.54 Å². The molecule has 6 heteroatoms. The average molecular weight is 279 g/mol. The second-order valence-electron chi connectivity index (χ2n) is 4.67. The zero-order valence-corrected chi connectivity index (χ0v) is 11.4. The normalized spacial score (nSPS) is 21.6. The Morgan fingerprint density at radius 2 is 1.89 bits per heavy atom. The smallest absolute Gasteiger partial charge is 0.244 e. The van der Waals surface area contributed by atoms with Crippen LogP contribution >= 0.6 is 0 Å². The standard InChI is InChI=1S/C13H17N3O2S/c14-10-11-5-7-12(8-6-11)19(17,18)16-9-3-1-2-4-13(16)15/h5-8,13H,1-4,9,15H2. The van der Waals surface area contributed by atoms with Crippen LogP contribution in [0.15, 0.2) is 29.2 Å². The van der Waals surface area contributed by atoms with Crippen LogP contribution in [0.1, 0.15) is 31.2 Å². The minimum atomic E-state index is -3.56. The van der Waals surface area contributed by atoms with Crippen LogP contribution in [0.2, 0.25) is 0 Å². The molecule has 2 N–H and O–H groups in total. The molecule has 2 rings (SSSR count). The Labute approximate surface area is 113 Å². The maximum absolute atomic E-state index is 12.5. The van der Waals surface area contributed by atoms with E-state index in [2.05, 4.69) is 0 Å². The first-order valence-corrected chi connectivity index (χ1v) is 7.77. The molecule has 0 aromatic heterocycles. The number of nitrogens with zero attached hydrogens (tertiary/aromatic N) is 2. The first-order valence-electron chi connectivity index (χ1n) is 6.33. The van der Waals surface area contributed by atoms with Crippen molar-refractivity contribution in [2.24, 2.45) is 5.73 Å². The summed E-state index contributed by atoms with van der Waals surface area (Å²) in [5.41, 5.74) is 6.40. The van der Waals surface area contributed by atoms with E-state index in [1.54, 1.807) is 0 Å². The average Bonchev–Trinajstić information content (AvgIpc) is 2.64. The highest BCUT2D eigenvalue weighted by molar-refractivity contribution is 7.89. The van der Waals surface area contributed by atoms with E-state index in [4.69, 9.17) is 11.0 Å². The molecule has 1 atom stereocenters. The maximum Gasteiger partial charge on any atom is 0.244 e. The minimum Gasteiger partial charge on any atom is -0.315 e. The SMILES string of the molecule is N#Cc1ccc(S(=O)(=O)N2CCCCCC2N)cc1. The van der Waals surface area contributed by atoms with Gasteiger partial charge in [-0.3, -0.25) is 0 Å². The molecule has 5 nitrogen and oxygen atoms in total. The lowest BCUT2D eigenvalue weighted by atomic mass is 10.2. The fourth-order valence-corrected chi connectivity index (χ4v) is 3.83. The Morgan fingerprint density at radius 1 is 1.21 bits per heavy atom. The van der Waals surface area contributed by atoms with Crippen LogP contribution < -0.4 is 5.73 Å². The number of sulfonamides is 1. The molecule has 102 valence electrons. The fraction of sp³-hybridized carbons (Fsp3) is 0.462. The predicted molar refractivity (Wildman–Crippen MR) is 71.5 cm³/mol. The summed E-state index contributed by atoms with van der Waals surface area (Å²) in [4.78, 5) is 0.198. The lowest BCUT2D eigenvalue weighted by Crippen LogP contribution is -2.45. The second kappa shape index (κ2) is 5.70. The quantitative estimate of drug-likeness (QED) is 0.886. The summed E-state index contributed by atoms with van der Waals surface area (Å²) in [5.74, 6) is 0. The lowest BCUT2D eigenvalue weighted by molar-refractivity contribution is 0.329. The van der Waals surface area contributed by atoms with Gasteiger partial charge in [-0.1, -0.05) is 12.8 Å². The number of rotatable bonds is 2. The number of hydrogen-bond donors (Lipinski definition) is 1. The third-order valence-corrected chi connectivity index (χ3v) is 5.28. The van der Waals surface area contributed by atoms with Crippen molar-refractivity contribution in [1.82, 2.24) is 4.31 Å². The van der Waals surface area contributed by atoms with Gasteiger partial charge in [0.05, 0.1) is 22.7 Å². The molecule has 1 heterocycles. The van der Waals surface area contributed by atoms with E-state index in [0.29, 0.717) is 18.5 Å². The lowest BCUT2D eigenvalue weighted by Gasteiger charge is -2.25. The summed E-state index contributed by atoms with van der Waals surface area (Å²) >= 11 is 0. The number of nitriles is 1. The topological polar surface area (TPSA) is 87.2 Å². The largest absolute Gasteiger partial charge is 0.315 e. The molecule has 0 saturated carbocycles. The minimum absolute atomic E-state index is 0.198. The van der Waals surface area contributed by atoms with E-state index in [-0.39, 0.29) is 4.90 Å². The van der Waals surface area contributed by atoms with Gasteiger partial charge in [0.25, 0.3) is 0 Å². The predicted octanol–water partition coefficient (Wildman–Crippen LogP) is 1.41. The van der Waals surface area contributed by atoms with Gasteiger partial charge >= 0.3 is 0 Å². The Morgan fingerprint density at radius 3 is 2.53 bits per heavy atom. The second-order valence-corrected chi connectivity index (χ2v) is 6.56. The Kier molecular flexibility index (Phi) is 4.20. The van der Waals surface area contributed by atoms with E-state index in [9.17, 15) is 8.42 Å². The number of hydrogen-bond acceptors (Lipinski definition) is 4. The van der Waals surface area contributed by atoms with Crippen LogP contribution in [0.5, 0.6) is 0 Å². The van der Waals surface area contributed by atoms with Crippen LogP contribution in [-0.2, 0) is 10.0 Å². The number of nitrogens with two attached hydrogens (primary N) is 1. The summed E-state index contributed by atoms with van der Waals surface area (Å²) in [7, 11) is -3.56. The van der Waals surface area contributed by atoms with Crippen molar-refractivity contribution in [1.29, 1.82) is 5.26 Å². The van der Waals surface area contributed by atoms with E-state index in [0.717, 1.165) is 19.3 Å². The van der Waals surface area contributed by atoms with Crippen LogP contribution in [-0.4, -0.2) is 25.4 Å². The molecular formula is C13H17N3O2S. The number of benzene rings is 1. The van der Waals surface area contributed by atoms with E-state index < -0.39 is 16.2 Å². The summed E-state index contributed by atoms with van der Waals surface area (Å²) in [5, 5.41) is 8.73. The van der Waals surface area contributed by atoms with Gasteiger partial charge in [-0.15, -0.1) is 0 Å². The fourth-order valence-electron chi connectivity index (χ4n) is 2.24. The van der Waals surface area contributed by atoms with Crippen molar-refractivity contribution in [2.75, 3.05) is 6.54 Å². The van der Waals surface area contributed by atoms with Crippen molar-refractivity contribution >= 4 is 10.0 Å². The van der Waals surface area contributed by atoms with E-state index >= 15 is 0 Å². The zero-order valence-electron chi connectivity index (χ0n) is 10.6. The van der Waals surface area contributed by atoms with Gasteiger partial charge in [-0.25, -0.2) is 8.42 Å². The third kappa shape index (κ3) is 2.95. The Bertz CT molecular complexity index is 575. The molecule has 1 fully saturated rings. The molecule has 0 spiro atoms. The van der Waals surface area contributed by atoms with Crippen molar-refractivity contribution in [3.63, 3.8) is 0 Å². The first-order chi connectivity index (χ1) is 9.05. The van der Waals surface area contributed by atoms with E-state index in [1.165, 1.54) is 28.6 Å². The van der Waals surface area contributed by atoms with Crippen molar-refractivity contribution in [2.45, 2.75) is 36.7 Å². The molecule has 1 aliphatic rings. The van der Waals surface area contributed by atoms with Gasteiger partial charge in [0.2, 0.25) is 10.0 Å². The van der Waals surface area contributed by atoms with Crippen molar-refractivity contribution in [3.05, 3.63) is 29.8 Å². The Balaban J connectivity index is 2.32. The molecular weight excluding hydrogens is 262 g/mol. The van der Waals surface area contributed by atoms with Crippen LogP contribution in [0.25, 0.3) is 0 Å². The molecule has 1 aliphatic heterocycles. The van der Waals surface area contributed by atoms with Crippen LogP contribution in [0.3, 0.4) is 0 Å². The van der Waals surface area contributed by atoms with Gasteiger partial charge in [0.1, 0.15) is 0 Å².